The van der Waals surface area contributed by atoms with Crippen LogP contribution >= 0.6 is 0 Å². The lowest BCUT2D eigenvalue weighted by atomic mass is 9.89. The van der Waals surface area contributed by atoms with Crippen LogP contribution in [0.4, 0.5) is 14.9 Å². The number of hydrogen-bond donors (Lipinski definition) is 2. The molecule has 0 aromatic heterocycles. The Morgan fingerprint density at radius 1 is 1.38 bits per heavy atom. The minimum Gasteiger partial charge on any atom is -0.443 e. The Morgan fingerprint density at radius 3 is 2.76 bits per heavy atom. The van der Waals surface area contributed by atoms with E-state index in [-0.39, 0.29) is 24.4 Å². The first-order valence-electron chi connectivity index (χ1n) is 7.37. The van der Waals surface area contributed by atoms with Gasteiger partial charge < -0.3 is 15.8 Å². The van der Waals surface area contributed by atoms with Crippen LogP contribution in [0.5, 0.6) is 0 Å². The van der Waals surface area contributed by atoms with Crippen molar-refractivity contribution >= 4 is 11.8 Å². The molecular weight excluding hydrogens is 273 g/mol. The van der Waals surface area contributed by atoms with E-state index in [2.05, 4.69) is 5.32 Å². The van der Waals surface area contributed by atoms with E-state index >= 15 is 0 Å². The molecule has 6 heteroatoms. The number of amides is 1. The molecule has 5 nitrogen and oxygen atoms in total. The standard InChI is InChI=1S/C15H20FN3O2/c16-14-7-11(19-9-12(8-17)21-15(19)20)1-2-13(14)10-3-5-18-6-4-10/h1-2,7,10,12,18H,3-6,8-9,17H2. The smallest absolute Gasteiger partial charge is 0.414 e. The number of carbonyl (C=O) groups excluding carboxylic acids is 1. The fraction of sp³-hybridized carbons (Fsp3) is 0.533. The first-order valence-corrected chi connectivity index (χ1v) is 7.37. The summed E-state index contributed by atoms with van der Waals surface area (Å²) >= 11 is 0. The van der Waals surface area contributed by atoms with Crippen molar-refractivity contribution in [1.29, 1.82) is 0 Å². The van der Waals surface area contributed by atoms with E-state index in [1.807, 2.05) is 0 Å². The van der Waals surface area contributed by atoms with Crippen molar-refractivity contribution in [2.24, 2.45) is 5.73 Å². The Kier molecular flexibility index (Phi) is 4.07. The average Bonchev–Trinajstić information content (AvgIpc) is 2.89. The Morgan fingerprint density at radius 2 is 2.14 bits per heavy atom. The molecule has 1 amide bonds. The molecule has 0 aliphatic carbocycles. The fourth-order valence-electron chi connectivity index (χ4n) is 3.00. The van der Waals surface area contributed by atoms with Crippen LogP contribution in [-0.2, 0) is 4.74 Å². The fourth-order valence-corrected chi connectivity index (χ4v) is 3.00. The molecule has 1 unspecified atom stereocenters. The van der Waals surface area contributed by atoms with Gasteiger partial charge in [-0.15, -0.1) is 0 Å². The lowest BCUT2D eigenvalue weighted by molar-refractivity contribution is 0.145. The quantitative estimate of drug-likeness (QED) is 0.888. The summed E-state index contributed by atoms with van der Waals surface area (Å²) < 4.78 is 19.5. The van der Waals surface area contributed by atoms with E-state index in [9.17, 15) is 9.18 Å². The minimum atomic E-state index is -0.459. The number of anilines is 1. The molecule has 2 fully saturated rings. The number of halogens is 1. The van der Waals surface area contributed by atoms with Crippen LogP contribution in [0.25, 0.3) is 0 Å². The summed E-state index contributed by atoms with van der Waals surface area (Å²) in [6.07, 6.45) is 1.11. The van der Waals surface area contributed by atoms with E-state index in [0.717, 1.165) is 31.5 Å². The van der Waals surface area contributed by atoms with Crippen molar-refractivity contribution in [1.82, 2.24) is 5.32 Å². The maximum absolute atomic E-state index is 14.4. The summed E-state index contributed by atoms with van der Waals surface area (Å²) in [7, 11) is 0. The Hall–Kier alpha value is -1.66. The van der Waals surface area contributed by atoms with E-state index in [1.54, 1.807) is 12.1 Å². The van der Waals surface area contributed by atoms with E-state index < -0.39 is 6.09 Å². The number of cyclic esters (lactones) is 1. The van der Waals surface area contributed by atoms with Gasteiger partial charge in [-0.2, -0.15) is 0 Å². The van der Waals surface area contributed by atoms with Crippen molar-refractivity contribution < 1.29 is 13.9 Å². The minimum absolute atomic E-state index is 0.247. The third-order valence-electron chi connectivity index (χ3n) is 4.21. The van der Waals surface area contributed by atoms with E-state index in [0.29, 0.717) is 12.2 Å². The molecule has 2 heterocycles. The van der Waals surface area contributed by atoms with Gasteiger partial charge >= 0.3 is 6.09 Å². The van der Waals surface area contributed by atoms with Gasteiger partial charge in [0.15, 0.2) is 0 Å². The average molecular weight is 293 g/mol. The number of nitrogens with two attached hydrogens (primary N) is 1. The normalized spacial score (nSPS) is 23.4. The van der Waals surface area contributed by atoms with Gasteiger partial charge in [0.1, 0.15) is 11.9 Å². The zero-order valence-electron chi connectivity index (χ0n) is 11.8. The van der Waals surface area contributed by atoms with Crippen molar-refractivity contribution in [3.05, 3.63) is 29.6 Å². The van der Waals surface area contributed by atoms with Crippen molar-refractivity contribution in [2.75, 3.05) is 31.1 Å². The topological polar surface area (TPSA) is 67.6 Å². The van der Waals surface area contributed by atoms with Gasteiger partial charge in [-0.3, -0.25) is 4.90 Å². The maximum Gasteiger partial charge on any atom is 0.414 e. The van der Waals surface area contributed by atoms with Gasteiger partial charge in [-0.1, -0.05) is 6.07 Å². The third-order valence-corrected chi connectivity index (χ3v) is 4.21. The number of ether oxygens (including phenoxy) is 1. The number of nitrogens with zero attached hydrogens (tertiary/aromatic N) is 1. The van der Waals surface area contributed by atoms with E-state index in [4.69, 9.17) is 10.5 Å². The predicted octanol–water partition coefficient (Wildman–Crippen LogP) is 1.58. The first kappa shape index (κ1) is 14.3. The number of carbonyl (C=O) groups is 1. The van der Waals surface area contributed by atoms with Gasteiger partial charge in [-0.25, -0.2) is 9.18 Å². The molecule has 1 atom stereocenters. The number of benzene rings is 1. The number of nitrogens with one attached hydrogen (secondary N) is 1. The molecule has 0 spiro atoms. The highest BCUT2D eigenvalue weighted by molar-refractivity contribution is 5.89. The summed E-state index contributed by atoms with van der Waals surface area (Å²) in [5, 5.41) is 3.27. The van der Waals surface area contributed by atoms with Crippen LogP contribution in [0.1, 0.15) is 24.3 Å². The lowest BCUT2D eigenvalue weighted by Crippen LogP contribution is -2.28. The highest BCUT2D eigenvalue weighted by Gasteiger charge is 2.32. The molecule has 2 saturated heterocycles. The summed E-state index contributed by atoms with van der Waals surface area (Å²) in [6.45, 7) is 2.49. The van der Waals surface area contributed by atoms with Crippen molar-refractivity contribution in [2.45, 2.75) is 24.9 Å². The second-order valence-electron chi connectivity index (χ2n) is 5.58. The summed E-state index contributed by atoms with van der Waals surface area (Å²) in [5.41, 5.74) is 6.78. The molecule has 0 saturated carbocycles. The van der Waals surface area contributed by atoms with Crippen LogP contribution in [0.15, 0.2) is 18.2 Å². The Bertz CT molecular complexity index is 532. The predicted molar refractivity (Wildman–Crippen MR) is 77.9 cm³/mol. The van der Waals surface area contributed by atoms with Gasteiger partial charge in [-0.05, 0) is 49.5 Å². The molecule has 1 aromatic rings. The monoisotopic (exact) mass is 293 g/mol. The largest absolute Gasteiger partial charge is 0.443 e. The summed E-state index contributed by atoms with van der Waals surface area (Å²) in [4.78, 5) is 13.2. The second-order valence-corrected chi connectivity index (χ2v) is 5.58. The molecule has 0 radical (unpaired) electrons. The Labute approximate surface area is 123 Å². The lowest BCUT2D eigenvalue weighted by Gasteiger charge is -2.24. The number of rotatable bonds is 3. The first-order chi connectivity index (χ1) is 10.2. The van der Waals surface area contributed by atoms with Gasteiger partial charge in [0.25, 0.3) is 0 Å². The molecule has 1 aromatic carbocycles. The zero-order valence-corrected chi connectivity index (χ0v) is 11.8. The molecule has 0 bridgehead atoms. The highest BCUT2D eigenvalue weighted by Crippen LogP contribution is 2.31. The highest BCUT2D eigenvalue weighted by atomic mass is 19.1. The van der Waals surface area contributed by atoms with Crippen molar-refractivity contribution in [3.63, 3.8) is 0 Å². The third kappa shape index (κ3) is 2.87. The molecule has 114 valence electrons. The van der Waals surface area contributed by atoms with Crippen LogP contribution in [0.3, 0.4) is 0 Å². The molecule has 3 N–H and O–H groups in total. The Balaban J connectivity index is 1.79. The number of hydrogen-bond acceptors (Lipinski definition) is 4. The van der Waals surface area contributed by atoms with Crippen molar-refractivity contribution in [3.8, 4) is 0 Å². The van der Waals surface area contributed by atoms with Gasteiger partial charge in [0.05, 0.1) is 12.2 Å². The van der Waals surface area contributed by atoms with Gasteiger partial charge in [0, 0.05) is 6.54 Å². The molecule has 2 aliphatic heterocycles. The molecule has 2 aliphatic rings. The summed E-state index contributed by atoms with van der Waals surface area (Å²) in [5.74, 6) is 0.00557. The summed E-state index contributed by atoms with van der Waals surface area (Å²) in [6, 6.07) is 5.02. The maximum atomic E-state index is 14.4. The van der Waals surface area contributed by atoms with Crippen LogP contribution in [0, 0.1) is 5.82 Å². The molecule has 21 heavy (non-hydrogen) atoms. The molecular formula is C15H20FN3O2. The van der Waals surface area contributed by atoms with E-state index in [1.165, 1.54) is 11.0 Å². The zero-order chi connectivity index (χ0) is 14.8. The van der Waals surface area contributed by atoms with Crippen LogP contribution < -0.4 is 16.0 Å². The number of piperidine rings is 1. The SMILES string of the molecule is NCC1CN(c2ccc(C3CCNCC3)c(F)c2)C(=O)O1. The second kappa shape index (κ2) is 5.99. The van der Waals surface area contributed by atoms with Gasteiger partial charge in [0.2, 0.25) is 0 Å². The van der Waals surface area contributed by atoms with Crippen LogP contribution in [-0.4, -0.2) is 38.4 Å². The van der Waals surface area contributed by atoms with Crippen LogP contribution in [0.2, 0.25) is 0 Å². The molecule has 3 rings (SSSR count).